The molecule has 2 heterocycles. The van der Waals surface area contributed by atoms with Gasteiger partial charge in [-0.1, -0.05) is 18.2 Å². The number of fused-ring (bicyclic) bond motifs is 1. The Kier molecular flexibility index (Phi) is 2.30. The van der Waals surface area contributed by atoms with E-state index in [2.05, 4.69) is 10.1 Å². The lowest BCUT2D eigenvalue weighted by Crippen LogP contribution is -2.07. The number of hydrogen-bond acceptors (Lipinski definition) is 3. The maximum atomic E-state index is 11.1. The van der Waals surface area contributed by atoms with Crippen LogP contribution in [-0.2, 0) is 0 Å². The first-order chi connectivity index (χ1) is 8.75. The van der Waals surface area contributed by atoms with Gasteiger partial charge in [0.1, 0.15) is 5.56 Å². The Bertz CT molecular complexity index is 701. The number of carboxylic acid groups (broad SMARTS) is 1. The van der Waals surface area contributed by atoms with Gasteiger partial charge in [-0.05, 0) is 18.2 Å². The summed E-state index contributed by atoms with van der Waals surface area (Å²) < 4.78 is 1.49. The van der Waals surface area contributed by atoms with Crippen molar-refractivity contribution in [1.82, 2.24) is 14.8 Å². The van der Waals surface area contributed by atoms with E-state index in [-0.39, 0.29) is 5.56 Å². The Labute approximate surface area is 102 Å². The Balaban J connectivity index is 2.23. The monoisotopic (exact) mass is 239 g/mol. The van der Waals surface area contributed by atoms with Gasteiger partial charge in [0.25, 0.3) is 0 Å². The van der Waals surface area contributed by atoms with Crippen LogP contribution in [0, 0.1) is 0 Å². The summed E-state index contributed by atoms with van der Waals surface area (Å²) in [5.74, 6) is -0.696. The molecule has 0 aliphatic rings. The van der Waals surface area contributed by atoms with E-state index >= 15 is 0 Å². The molecular formula is C13H9N3O2. The van der Waals surface area contributed by atoms with Crippen LogP contribution in [0.25, 0.3) is 16.7 Å². The highest BCUT2D eigenvalue weighted by atomic mass is 16.4. The van der Waals surface area contributed by atoms with Crippen LogP contribution in [0.15, 0.2) is 48.8 Å². The molecule has 0 amide bonds. The molecule has 1 N–H and O–H groups in total. The number of aromatic carboxylic acids is 1. The molecule has 0 unspecified atom stereocenters. The van der Waals surface area contributed by atoms with Crippen LogP contribution in [-0.4, -0.2) is 25.8 Å². The molecule has 0 aliphatic heterocycles. The minimum absolute atomic E-state index is 0.130. The van der Waals surface area contributed by atoms with Gasteiger partial charge in [-0.2, -0.15) is 5.10 Å². The zero-order valence-corrected chi connectivity index (χ0v) is 9.32. The molecule has 0 spiro atoms. The van der Waals surface area contributed by atoms with E-state index in [1.807, 2.05) is 24.3 Å². The fourth-order valence-electron chi connectivity index (χ4n) is 1.82. The molecule has 3 rings (SSSR count). The molecule has 88 valence electrons. The molecule has 5 nitrogen and oxygen atoms in total. The van der Waals surface area contributed by atoms with Crippen molar-refractivity contribution in [2.75, 3.05) is 0 Å². The SMILES string of the molecule is O=C(O)c1cccnc1-n1cc2ccccc2n1. The summed E-state index contributed by atoms with van der Waals surface area (Å²) in [6.45, 7) is 0. The Morgan fingerprint density at radius 1 is 1.17 bits per heavy atom. The lowest BCUT2D eigenvalue weighted by molar-refractivity contribution is 0.0696. The number of nitrogens with zero attached hydrogens (tertiary/aromatic N) is 3. The van der Waals surface area contributed by atoms with Crippen molar-refractivity contribution < 1.29 is 9.90 Å². The first-order valence-corrected chi connectivity index (χ1v) is 5.39. The third kappa shape index (κ3) is 1.62. The number of carbonyl (C=O) groups is 1. The quantitative estimate of drug-likeness (QED) is 0.743. The number of rotatable bonds is 2. The van der Waals surface area contributed by atoms with Gasteiger partial charge in [0.15, 0.2) is 5.82 Å². The number of carboxylic acids is 1. The minimum Gasteiger partial charge on any atom is -0.478 e. The number of benzene rings is 1. The average molecular weight is 239 g/mol. The predicted octanol–water partition coefficient (Wildman–Crippen LogP) is 2.12. The lowest BCUT2D eigenvalue weighted by atomic mass is 10.2. The Morgan fingerprint density at radius 2 is 2.00 bits per heavy atom. The lowest BCUT2D eigenvalue weighted by Gasteiger charge is -2.03. The highest BCUT2D eigenvalue weighted by Gasteiger charge is 2.13. The van der Waals surface area contributed by atoms with Gasteiger partial charge in [0, 0.05) is 17.8 Å². The van der Waals surface area contributed by atoms with Crippen LogP contribution >= 0.6 is 0 Å². The first kappa shape index (κ1) is 10.5. The van der Waals surface area contributed by atoms with Crippen molar-refractivity contribution >= 4 is 16.9 Å². The molecule has 5 heteroatoms. The van der Waals surface area contributed by atoms with Crippen LogP contribution in [0.4, 0.5) is 0 Å². The van der Waals surface area contributed by atoms with Crippen molar-refractivity contribution in [2.45, 2.75) is 0 Å². The summed E-state index contributed by atoms with van der Waals surface area (Å²) in [6, 6.07) is 10.7. The summed E-state index contributed by atoms with van der Waals surface area (Å²) in [4.78, 5) is 15.2. The molecule has 3 aromatic rings. The second-order valence-corrected chi connectivity index (χ2v) is 3.81. The van der Waals surface area contributed by atoms with E-state index in [0.29, 0.717) is 5.82 Å². The Morgan fingerprint density at radius 3 is 2.78 bits per heavy atom. The average Bonchev–Trinajstić information content (AvgIpc) is 2.82. The highest BCUT2D eigenvalue weighted by Crippen LogP contribution is 2.16. The maximum absolute atomic E-state index is 11.1. The van der Waals surface area contributed by atoms with E-state index in [0.717, 1.165) is 10.9 Å². The second-order valence-electron chi connectivity index (χ2n) is 3.81. The van der Waals surface area contributed by atoms with Gasteiger partial charge in [-0.3, -0.25) is 0 Å². The summed E-state index contributed by atoms with van der Waals surface area (Å²) >= 11 is 0. The number of aromatic nitrogens is 3. The zero-order chi connectivity index (χ0) is 12.5. The summed E-state index contributed by atoms with van der Waals surface area (Å²) in [5, 5.41) is 14.4. The molecule has 1 aromatic carbocycles. The standard InChI is InChI=1S/C13H9N3O2/c17-13(18)10-5-3-7-14-12(10)16-8-9-4-1-2-6-11(9)15-16/h1-8H,(H,17,18). The molecule has 0 fully saturated rings. The topological polar surface area (TPSA) is 68.0 Å². The molecule has 0 aliphatic carbocycles. The third-order valence-corrected chi connectivity index (χ3v) is 2.65. The van der Waals surface area contributed by atoms with E-state index in [1.54, 1.807) is 18.5 Å². The minimum atomic E-state index is -1.02. The molecular weight excluding hydrogens is 230 g/mol. The highest BCUT2D eigenvalue weighted by molar-refractivity contribution is 5.91. The maximum Gasteiger partial charge on any atom is 0.339 e. The Hall–Kier alpha value is -2.69. The molecule has 2 aromatic heterocycles. The fourth-order valence-corrected chi connectivity index (χ4v) is 1.82. The van der Waals surface area contributed by atoms with Crippen LogP contribution in [0.1, 0.15) is 10.4 Å². The van der Waals surface area contributed by atoms with Gasteiger partial charge in [0.05, 0.1) is 5.52 Å². The summed E-state index contributed by atoms with van der Waals surface area (Å²) in [6.07, 6.45) is 3.32. The van der Waals surface area contributed by atoms with Gasteiger partial charge in [-0.15, -0.1) is 0 Å². The number of hydrogen-bond donors (Lipinski definition) is 1. The van der Waals surface area contributed by atoms with E-state index in [1.165, 1.54) is 10.7 Å². The van der Waals surface area contributed by atoms with Crippen molar-refractivity contribution in [3.63, 3.8) is 0 Å². The van der Waals surface area contributed by atoms with Gasteiger partial charge >= 0.3 is 5.97 Å². The van der Waals surface area contributed by atoms with Crippen molar-refractivity contribution in [3.05, 3.63) is 54.4 Å². The van der Waals surface area contributed by atoms with Crippen LogP contribution in [0.3, 0.4) is 0 Å². The summed E-state index contributed by atoms with van der Waals surface area (Å²) in [7, 11) is 0. The van der Waals surface area contributed by atoms with Crippen LogP contribution in [0.2, 0.25) is 0 Å². The smallest absolute Gasteiger partial charge is 0.339 e. The molecule has 18 heavy (non-hydrogen) atoms. The zero-order valence-electron chi connectivity index (χ0n) is 9.32. The van der Waals surface area contributed by atoms with Gasteiger partial charge in [0.2, 0.25) is 0 Å². The van der Waals surface area contributed by atoms with Crippen LogP contribution < -0.4 is 0 Å². The molecule has 0 atom stereocenters. The van der Waals surface area contributed by atoms with Gasteiger partial charge in [-0.25, -0.2) is 14.5 Å². The molecule has 0 bridgehead atoms. The molecule has 0 saturated carbocycles. The van der Waals surface area contributed by atoms with Crippen molar-refractivity contribution in [3.8, 4) is 5.82 Å². The van der Waals surface area contributed by atoms with Crippen LogP contribution in [0.5, 0.6) is 0 Å². The van der Waals surface area contributed by atoms with E-state index in [9.17, 15) is 4.79 Å². The van der Waals surface area contributed by atoms with Crippen molar-refractivity contribution in [2.24, 2.45) is 0 Å². The fraction of sp³-hybridized carbons (Fsp3) is 0. The first-order valence-electron chi connectivity index (χ1n) is 5.39. The molecule has 0 saturated heterocycles. The second kappa shape index (κ2) is 3.96. The van der Waals surface area contributed by atoms with E-state index < -0.39 is 5.97 Å². The van der Waals surface area contributed by atoms with Crippen molar-refractivity contribution in [1.29, 1.82) is 0 Å². The largest absolute Gasteiger partial charge is 0.478 e. The normalized spacial score (nSPS) is 10.7. The van der Waals surface area contributed by atoms with Gasteiger partial charge < -0.3 is 5.11 Å². The van der Waals surface area contributed by atoms with E-state index in [4.69, 9.17) is 5.11 Å². The third-order valence-electron chi connectivity index (χ3n) is 2.65. The number of pyridine rings is 1. The predicted molar refractivity (Wildman–Crippen MR) is 65.8 cm³/mol. The molecule has 0 radical (unpaired) electrons. The summed E-state index contributed by atoms with van der Waals surface area (Å²) in [5.41, 5.74) is 0.935.